The van der Waals surface area contributed by atoms with Crippen molar-refractivity contribution in [2.24, 2.45) is 0 Å². The van der Waals surface area contributed by atoms with Crippen LogP contribution in [0.3, 0.4) is 0 Å². The van der Waals surface area contributed by atoms with Gasteiger partial charge in [0.25, 0.3) is 0 Å². The number of nitrogens with zero attached hydrogens (tertiary/aromatic N) is 2. The zero-order valence-electron chi connectivity index (χ0n) is 13.1. The van der Waals surface area contributed by atoms with E-state index < -0.39 is 0 Å². The van der Waals surface area contributed by atoms with Gasteiger partial charge in [-0.25, -0.2) is 0 Å². The maximum atomic E-state index is 6.26. The van der Waals surface area contributed by atoms with Gasteiger partial charge in [-0.1, -0.05) is 0 Å². The molecule has 0 amide bonds. The predicted molar refractivity (Wildman–Crippen MR) is 85.4 cm³/mol. The number of hydrogen-bond donors (Lipinski definition) is 1. The maximum absolute atomic E-state index is 6.26. The smallest absolute Gasteiger partial charge is 0.162 e. The molecule has 116 valence electrons. The van der Waals surface area contributed by atoms with Crippen LogP contribution in [0.25, 0.3) is 0 Å². The van der Waals surface area contributed by atoms with E-state index in [2.05, 4.69) is 16.7 Å². The summed E-state index contributed by atoms with van der Waals surface area (Å²) in [5.41, 5.74) is 8.08. The number of piperazine rings is 1. The standard InChI is InChI=1S/C16H25N3O2/c1-11-9-18-6-4-5-12(18)10-19(11)14-8-16(21-3)15(20-2)7-13(14)17/h7-8,11-12H,4-6,9-10,17H2,1-3H3. The van der Waals surface area contributed by atoms with Gasteiger partial charge in [0.15, 0.2) is 11.5 Å². The number of hydrogen-bond acceptors (Lipinski definition) is 5. The molecule has 0 aromatic heterocycles. The molecule has 0 spiro atoms. The van der Waals surface area contributed by atoms with Crippen molar-refractivity contribution >= 4 is 11.4 Å². The molecule has 5 nitrogen and oxygen atoms in total. The number of benzene rings is 1. The van der Waals surface area contributed by atoms with Crippen LogP contribution in [0.15, 0.2) is 12.1 Å². The average Bonchev–Trinajstić information content (AvgIpc) is 2.93. The third-order valence-corrected chi connectivity index (χ3v) is 4.78. The molecule has 5 heteroatoms. The van der Waals surface area contributed by atoms with E-state index in [0.29, 0.717) is 17.8 Å². The molecule has 2 aliphatic heterocycles. The van der Waals surface area contributed by atoms with Gasteiger partial charge in [0.1, 0.15) is 0 Å². The lowest BCUT2D eigenvalue weighted by Crippen LogP contribution is -2.55. The fourth-order valence-electron chi connectivity index (χ4n) is 3.66. The van der Waals surface area contributed by atoms with Crippen molar-refractivity contribution in [2.45, 2.75) is 31.8 Å². The first-order valence-corrected chi connectivity index (χ1v) is 7.66. The molecule has 2 saturated heterocycles. The average molecular weight is 291 g/mol. The van der Waals surface area contributed by atoms with Gasteiger partial charge < -0.3 is 20.1 Å². The van der Waals surface area contributed by atoms with Crippen molar-refractivity contribution in [2.75, 3.05) is 44.5 Å². The predicted octanol–water partition coefficient (Wildman–Crippen LogP) is 1.96. The molecular formula is C16H25N3O2. The number of nitrogen functional groups attached to an aromatic ring is 1. The Bertz CT molecular complexity index is 520. The Morgan fingerprint density at radius 2 is 1.86 bits per heavy atom. The topological polar surface area (TPSA) is 51.0 Å². The van der Waals surface area contributed by atoms with E-state index in [-0.39, 0.29) is 0 Å². The van der Waals surface area contributed by atoms with Crippen LogP contribution in [-0.2, 0) is 0 Å². The monoisotopic (exact) mass is 291 g/mol. The third kappa shape index (κ3) is 2.50. The van der Waals surface area contributed by atoms with Crippen LogP contribution in [-0.4, -0.2) is 50.8 Å². The number of methoxy groups -OCH3 is 2. The van der Waals surface area contributed by atoms with E-state index >= 15 is 0 Å². The lowest BCUT2D eigenvalue weighted by Gasteiger charge is -2.44. The molecule has 3 rings (SSSR count). The fraction of sp³-hybridized carbons (Fsp3) is 0.625. The van der Waals surface area contributed by atoms with E-state index in [1.807, 2.05) is 12.1 Å². The molecular weight excluding hydrogens is 266 g/mol. The van der Waals surface area contributed by atoms with Crippen molar-refractivity contribution in [1.29, 1.82) is 0 Å². The number of nitrogens with two attached hydrogens (primary N) is 1. The lowest BCUT2D eigenvalue weighted by atomic mass is 10.1. The van der Waals surface area contributed by atoms with Crippen molar-refractivity contribution in [3.63, 3.8) is 0 Å². The van der Waals surface area contributed by atoms with Crippen LogP contribution >= 0.6 is 0 Å². The van der Waals surface area contributed by atoms with Crippen LogP contribution in [0.2, 0.25) is 0 Å². The minimum absolute atomic E-state index is 0.458. The molecule has 2 heterocycles. The van der Waals surface area contributed by atoms with E-state index in [1.54, 1.807) is 14.2 Å². The van der Waals surface area contributed by atoms with Gasteiger partial charge in [0, 0.05) is 37.3 Å². The molecule has 1 aromatic carbocycles. The van der Waals surface area contributed by atoms with Crippen molar-refractivity contribution in [1.82, 2.24) is 4.90 Å². The molecule has 0 saturated carbocycles. The summed E-state index contributed by atoms with van der Waals surface area (Å²) in [5.74, 6) is 1.42. The Labute approximate surface area is 126 Å². The number of rotatable bonds is 3. The zero-order valence-corrected chi connectivity index (χ0v) is 13.1. The minimum Gasteiger partial charge on any atom is -0.493 e. The van der Waals surface area contributed by atoms with Gasteiger partial charge >= 0.3 is 0 Å². The lowest BCUT2D eigenvalue weighted by molar-refractivity contribution is 0.203. The van der Waals surface area contributed by atoms with Crippen LogP contribution in [0.1, 0.15) is 19.8 Å². The van der Waals surface area contributed by atoms with E-state index in [9.17, 15) is 0 Å². The van der Waals surface area contributed by atoms with Gasteiger partial charge in [-0.05, 0) is 26.3 Å². The van der Waals surface area contributed by atoms with Crippen LogP contribution < -0.4 is 20.1 Å². The van der Waals surface area contributed by atoms with Crippen LogP contribution in [0.4, 0.5) is 11.4 Å². The molecule has 2 aliphatic rings. The molecule has 2 N–H and O–H groups in total. The van der Waals surface area contributed by atoms with Gasteiger partial charge in [-0.3, -0.25) is 4.90 Å². The van der Waals surface area contributed by atoms with E-state index in [0.717, 1.165) is 30.2 Å². The fourth-order valence-corrected chi connectivity index (χ4v) is 3.66. The van der Waals surface area contributed by atoms with Crippen molar-refractivity contribution in [3.8, 4) is 11.5 Å². The highest BCUT2D eigenvalue weighted by Gasteiger charge is 2.35. The summed E-state index contributed by atoms with van der Waals surface area (Å²) in [6.45, 7) is 5.66. The number of fused-ring (bicyclic) bond motifs is 1. The first-order valence-electron chi connectivity index (χ1n) is 7.66. The highest BCUT2D eigenvalue weighted by Crippen LogP contribution is 2.39. The second-order valence-electron chi connectivity index (χ2n) is 6.06. The highest BCUT2D eigenvalue weighted by atomic mass is 16.5. The minimum atomic E-state index is 0.458. The van der Waals surface area contributed by atoms with Crippen LogP contribution in [0, 0.1) is 0 Å². The van der Waals surface area contributed by atoms with Gasteiger partial charge in [-0.2, -0.15) is 0 Å². The molecule has 2 unspecified atom stereocenters. The molecule has 21 heavy (non-hydrogen) atoms. The van der Waals surface area contributed by atoms with Crippen molar-refractivity contribution < 1.29 is 9.47 Å². The summed E-state index contributed by atoms with van der Waals surface area (Å²) in [7, 11) is 3.30. The second kappa shape index (κ2) is 5.64. The first-order chi connectivity index (χ1) is 10.1. The maximum Gasteiger partial charge on any atom is 0.162 e. The quantitative estimate of drug-likeness (QED) is 0.863. The zero-order chi connectivity index (χ0) is 15.0. The SMILES string of the molecule is COc1cc(N)c(N2CC3CCCN3CC2C)cc1OC. The van der Waals surface area contributed by atoms with Gasteiger partial charge in [0.05, 0.1) is 25.6 Å². The normalized spacial score (nSPS) is 25.8. The molecule has 2 fully saturated rings. The molecule has 1 aromatic rings. The Morgan fingerprint density at radius 3 is 2.57 bits per heavy atom. The summed E-state index contributed by atoms with van der Waals surface area (Å²) in [6, 6.07) is 4.99. The third-order valence-electron chi connectivity index (χ3n) is 4.78. The number of ether oxygens (including phenoxy) is 2. The van der Waals surface area contributed by atoms with Gasteiger partial charge in [-0.15, -0.1) is 0 Å². The second-order valence-corrected chi connectivity index (χ2v) is 6.06. The Kier molecular flexibility index (Phi) is 3.85. The van der Waals surface area contributed by atoms with Gasteiger partial charge in [0.2, 0.25) is 0 Å². The Balaban J connectivity index is 1.92. The largest absolute Gasteiger partial charge is 0.493 e. The summed E-state index contributed by atoms with van der Waals surface area (Å²) < 4.78 is 10.8. The highest BCUT2D eigenvalue weighted by molar-refractivity contribution is 5.73. The Morgan fingerprint density at radius 1 is 1.14 bits per heavy atom. The summed E-state index contributed by atoms with van der Waals surface area (Å²) in [6.07, 6.45) is 2.60. The molecule has 2 atom stereocenters. The molecule has 0 bridgehead atoms. The summed E-state index contributed by atoms with van der Waals surface area (Å²) in [4.78, 5) is 5.03. The van der Waals surface area contributed by atoms with E-state index in [4.69, 9.17) is 15.2 Å². The van der Waals surface area contributed by atoms with Crippen molar-refractivity contribution in [3.05, 3.63) is 12.1 Å². The van der Waals surface area contributed by atoms with Crippen LogP contribution in [0.5, 0.6) is 11.5 Å². The molecule has 0 aliphatic carbocycles. The molecule has 0 radical (unpaired) electrons. The summed E-state index contributed by atoms with van der Waals surface area (Å²) >= 11 is 0. The first kappa shape index (κ1) is 14.3. The summed E-state index contributed by atoms with van der Waals surface area (Å²) in [5, 5.41) is 0. The van der Waals surface area contributed by atoms with E-state index in [1.165, 1.54) is 19.4 Å². The Hall–Kier alpha value is -1.62. The number of anilines is 2.